The molecule has 2 aliphatic carbocycles. The molecule has 0 spiro atoms. The monoisotopic (exact) mass is 264 g/mol. The van der Waals surface area contributed by atoms with Gasteiger partial charge in [-0.25, -0.2) is 4.79 Å². The van der Waals surface area contributed by atoms with Crippen molar-refractivity contribution < 1.29 is 19.4 Å². The van der Waals surface area contributed by atoms with E-state index in [1.165, 1.54) is 0 Å². The van der Waals surface area contributed by atoms with Crippen LogP contribution in [-0.2, 0) is 14.3 Å². The Morgan fingerprint density at radius 2 is 2.11 bits per heavy atom. The Balaban J connectivity index is 2.07. The van der Waals surface area contributed by atoms with Crippen molar-refractivity contribution in [2.75, 3.05) is 0 Å². The molecule has 2 saturated carbocycles. The highest BCUT2D eigenvalue weighted by molar-refractivity contribution is 5.92. The summed E-state index contributed by atoms with van der Waals surface area (Å²) in [6.07, 6.45) is 0.885. The van der Waals surface area contributed by atoms with E-state index >= 15 is 0 Å². The maximum Gasteiger partial charge on any atom is 0.334 e. The molecule has 0 aromatic rings. The molecule has 0 bridgehead atoms. The topological polar surface area (TPSA) is 63.6 Å². The summed E-state index contributed by atoms with van der Waals surface area (Å²) >= 11 is 0. The fourth-order valence-electron chi connectivity index (χ4n) is 4.46. The minimum absolute atomic E-state index is 0.115. The van der Waals surface area contributed by atoms with E-state index in [0.29, 0.717) is 18.4 Å². The predicted octanol–water partition coefficient (Wildman–Crippen LogP) is 1.47. The van der Waals surface area contributed by atoms with Gasteiger partial charge < -0.3 is 9.84 Å². The number of fused-ring (bicyclic) bond motifs is 2. The number of esters is 1. The Bertz CT molecular complexity index is 469. The largest absolute Gasteiger partial charge is 0.458 e. The van der Waals surface area contributed by atoms with Crippen LogP contribution in [0, 0.1) is 23.2 Å². The van der Waals surface area contributed by atoms with Gasteiger partial charge >= 0.3 is 5.97 Å². The van der Waals surface area contributed by atoms with Crippen molar-refractivity contribution in [3.8, 4) is 0 Å². The summed E-state index contributed by atoms with van der Waals surface area (Å²) in [6, 6.07) is 0. The van der Waals surface area contributed by atoms with Gasteiger partial charge in [-0.1, -0.05) is 13.5 Å². The molecule has 3 fully saturated rings. The molecule has 4 nitrogen and oxygen atoms in total. The third-order valence-corrected chi connectivity index (χ3v) is 5.62. The van der Waals surface area contributed by atoms with Gasteiger partial charge in [0.15, 0.2) is 0 Å². The van der Waals surface area contributed by atoms with Crippen molar-refractivity contribution in [3.63, 3.8) is 0 Å². The van der Waals surface area contributed by atoms with Crippen LogP contribution in [0.5, 0.6) is 0 Å². The van der Waals surface area contributed by atoms with E-state index in [9.17, 15) is 14.7 Å². The first-order valence-electron chi connectivity index (χ1n) is 6.98. The number of ether oxygens (including phenoxy) is 1. The van der Waals surface area contributed by atoms with Crippen LogP contribution in [-0.4, -0.2) is 29.1 Å². The van der Waals surface area contributed by atoms with Crippen LogP contribution < -0.4 is 0 Å². The summed E-state index contributed by atoms with van der Waals surface area (Å²) in [5.74, 6) is -0.294. The Morgan fingerprint density at radius 1 is 1.42 bits per heavy atom. The van der Waals surface area contributed by atoms with Crippen molar-refractivity contribution >= 4 is 11.8 Å². The normalized spacial score (nSPS) is 49.6. The lowest BCUT2D eigenvalue weighted by Crippen LogP contribution is -2.46. The lowest BCUT2D eigenvalue weighted by Gasteiger charge is -2.37. The van der Waals surface area contributed by atoms with Gasteiger partial charge in [-0.3, -0.25) is 4.79 Å². The van der Waals surface area contributed by atoms with E-state index in [2.05, 4.69) is 13.5 Å². The van der Waals surface area contributed by atoms with Gasteiger partial charge in [0, 0.05) is 12.0 Å². The van der Waals surface area contributed by atoms with E-state index < -0.39 is 23.4 Å². The van der Waals surface area contributed by atoms with Gasteiger partial charge in [-0.05, 0) is 31.6 Å². The molecule has 4 heteroatoms. The number of ketones is 1. The van der Waals surface area contributed by atoms with Gasteiger partial charge in [0.25, 0.3) is 0 Å². The summed E-state index contributed by atoms with van der Waals surface area (Å²) in [4.78, 5) is 24.0. The average molecular weight is 264 g/mol. The molecule has 0 amide bonds. The second-order valence-electron chi connectivity index (χ2n) is 6.50. The van der Waals surface area contributed by atoms with Crippen molar-refractivity contribution in [2.45, 2.75) is 45.3 Å². The highest BCUT2D eigenvalue weighted by atomic mass is 16.6. The third kappa shape index (κ3) is 1.49. The van der Waals surface area contributed by atoms with Crippen LogP contribution in [0.3, 0.4) is 0 Å². The van der Waals surface area contributed by atoms with Crippen LogP contribution in [0.1, 0.15) is 33.1 Å². The predicted molar refractivity (Wildman–Crippen MR) is 68.1 cm³/mol. The van der Waals surface area contributed by atoms with E-state index in [1.54, 1.807) is 0 Å². The number of hydrogen-bond acceptors (Lipinski definition) is 4. The molecule has 1 heterocycles. The quantitative estimate of drug-likeness (QED) is 0.531. The molecule has 3 rings (SSSR count). The molecular weight excluding hydrogens is 244 g/mol. The molecule has 3 aliphatic rings. The molecule has 0 radical (unpaired) electrons. The Morgan fingerprint density at radius 3 is 2.79 bits per heavy atom. The van der Waals surface area contributed by atoms with Gasteiger partial charge in [-0.2, -0.15) is 0 Å². The summed E-state index contributed by atoms with van der Waals surface area (Å²) in [7, 11) is 0. The first-order valence-corrected chi connectivity index (χ1v) is 6.98. The molecule has 0 aromatic heterocycles. The summed E-state index contributed by atoms with van der Waals surface area (Å²) in [5.41, 5.74) is -0.429. The number of aliphatic hydroxyl groups is 1. The first-order chi connectivity index (χ1) is 8.87. The van der Waals surface area contributed by atoms with E-state index in [0.717, 1.165) is 6.42 Å². The number of hydrogen-bond donors (Lipinski definition) is 1. The average Bonchev–Trinajstić information content (AvgIpc) is 2.77. The van der Waals surface area contributed by atoms with Gasteiger partial charge in [-0.15, -0.1) is 0 Å². The zero-order valence-corrected chi connectivity index (χ0v) is 11.4. The highest BCUT2D eigenvalue weighted by Gasteiger charge is 2.61. The molecule has 104 valence electrons. The fourth-order valence-corrected chi connectivity index (χ4v) is 4.46. The van der Waals surface area contributed by atoms with Crippen molar-refractivity contribution in [2.24, 2.45) is 23.2 Å². The van der Waals surface area contributed by atoms with Crippen molar-refractivity contribution in [1.82, 2.24) is 0 Å². The number of carbonyl (C=O) groups excluding carboxylic acids is 2. The fraction of sp³-hybridized carbons (Fsp3) is 0.733. The Hall–Kier alpha value is -1.16. The van der Waals surface area contributed by atoms with Gasteiger partial charge in [0.2, 0.25) is 0 Å². The minimum atomic E-state index is -0.860. The smallest absolute Gasteiger partial charge is 0.334 e. The van der Waals surface area contributed by atoms with Crippen LogP contribution in [0.4, 0.5) is 0 Å². The summed E-state index contributed by atoms with van der Waals surface area (Å²) in [5, 5.41) is 10.8. The van der Waals surface area contributed by atoms with Gasteiger partial charge in [0.05, 0.1) is 17.4 Å². The van der Waals surface area contributed by atoms with Crippen molar-refractivity contribution in [1.29, 1.82) is 0 Å². The van der Waals surface area contributed by atoms with E-state index in [1.807, 2.05) is 6.92 Å². The zero-order chi connectivity index (χ0) is 13.9. The van der Waals surface area contributed by atoms with E-state index in [4.69, 9.17) is 4.74 Å². The molecule has 1 saturated heterocycles. The molecule has 0 unspecified atom stereocenters. The number of rotatable bonds is 0. The number of aliphatic hydroxyl groups excluding tert-OH is 1. The van der Waals surface area contributed by atoms with Gasteiger partial charge in [0.1, 0.15) is 11.9 Å². The lowest BCUT2D eigenvalue weighted by atomic mass is 9.68. The SMILES string of the molecule is C=C1C(=O)O[C@@H]2C[C@H](C)[C@@H]3CCC(=O)[C@@]3(C)[C@@H](O)[C@H]12. The maximum absolute atomic E-state index is 12.3. The minimum Gasteiger partial charge on any atom is -0.458 e. The lowest BCUT2D eigenvalue weighted by molar-refractivity contribution is -0.140. The first kappa shape index (κ1) is 12.9. The molecule has 1 aliphatic heterocycles. The molecule has 19 heavy (non-hydrogen) atoms. The molecule has 6 atom stereocenters. The number of carbonyl (C=O) groups is 2. The second kappa shape index (κ2) is 3.92. The second-order valence-corrected chi connectivity index (χ2v) is 6.50. The van der Waals surface area contributed by atoms with Crippen LogP contribution in [0.25, 0.3) is 0 Å². The highest BCUT2D eigenvalue weighted by Crippen LogP contribution is 2.55. The molecule has 1 N–H and O–H groups in total. The van der Waals surface area contributed by atoms with Crippen LogP contribution >= 0.6 is 0 Å². The Kier molecular flexibility index (Phi) is 2.65. The zero-order valence-electron chi connectivity index (χ0n) is 11.4. The van der Waals surface area contributed by atoms with E-state index in [-0.39, 0.29) is 23.7 Å². The molecular formula is C15H20O4. The third-order valence-electron chi connectivity index (χ3n) is 5.62. The summed E-state index contributed by atoms with van der Waals surface area (Å²) < 4.78 is 5.33. The Labute approximate surface area is 112 Å². The maximum atomic E-state index is 12.3. The van der Waals surface area contributed by atoms with Crippen molar-refractivity contribution in [3.05, 3.63) is 12.2 Å². The standard InChI is InChI=1S/C15H20O4/c1-7-6-10-12(8(2)14(18)19-10)13(17)15(3)9(7)4-5-11(15)16/h7,9-10,12-13,17H,2,4-6H2,1,3H3/t7-,9-,10+,12+,13-,15-/m0/s1. The summed E-state index contributed by atoms with van der Waals surface area (Å²) in [6.45, 7) is 7.70. The van der Waals surface area contributed by atoms with Crippen LogP contribution in [0.2, 0.25) is 0 Å². The van der Waals surface area contributed by atoms with Crippen LogP contribution in [0.15, 0.2) is 12.2 Å². The number of Topliss-reactive ketones (excluding diaryl/α,β-unsaturated/α-hetero) is 1. The molecule has 0 aromatic carbocycles.